The first kappa shape index (κ1) is 21.1. The molecule has 30 heavy (non-hydrogen) atoms. The predicted octanol–water partition coefficient (Wildman–Crippen LogP) is 5.21. The minimum atomic E-state index is -4.42. The van der Waals surface area contributed by atoms with Gasteiger partial charge in [0.05, 0.1) is 11.3 Å². The van der Waals surface area contributed by atoms with E-state index in [0.717, 1.165) is 37.1 Å². The van der Waals surface area contributed by atoms with Crippen molar-refractivity contribution in [2.75, 3.05) is 18.8 Å². The van der Waals surface area contributed by atoms with Gasteiger partial charge < -0.3 is 15.0 Å². The lowest BCUT2D eigenvalue weighted by molar-refractivity contribution is -0.137. The Hall–Kier alpha value is -2.19. The maximum Gasteiger partial charge on any atom is 0.416 e. The molecule has 4 nitrogen and oxygen atoms in total. The van der Waals surface area contributed by atoms with Gasteiger partial charge in [-0.05, 0) is 61.7 Å². The van der Waals surface area contributed by atoms with Crippen LogP contribution in [0.5, 0.6) is 11.5 Å². The lowest BCUT2D eigenvalue weighted by Crippen LogP contribution is -2.33. The van der Waals surface area contributed by atoms with Crippen molar-refractivity contribution < 1.29 is 22.7 Å². The predicted molar refractivity (Wildman–Crippen MR) is 111 cm³/mol. The van der Waals surface area contributed by atoms with Crippen molar-refractivity contribution in [3.8, 4) is 11.5 Å². The molecule has 0 radical (unpaired) electrons. The molecule has 2 atom stereocenters. The van der Waals surface area contributed by atoms with E-state index in [2.05, 4.69) is 5.32 Å². The summed E-state index contributed by atoms with van der Waals surface area (Å²) in [5.74, 6) is 1.12. The third kappa shape index (κ3) is 4.92. The van der Waals surface area contributed by atoms with Crippen LogP contribution in [0.4, 0.5) is 13.2 Å². The zero-order chi connectivity index (χ0) is 21.1. The lowest BCUT2D eigenvalue weighted by atomic mass is 10.1. The van der Waals surface area contributed by atoms with Crippen molar-refractivity contribution in [1.29, 1.82) is 0 Å². The Labute approximate surface area is 177 Å². The molecule has 2 unspecified atom stereocenters. The number of carbonyl (C=O) groups is 1. The Kier molecular flexibility index (Phi) is 6.24. The van der Waals surface area contributed by atoms with E-state index in [4.69, 9.17) is 4.74 Å². The molecule has 0 spiro atoms. The molecule has 160 valence electrons. The molecule has 8 heteroatoms. The Morgan fingerprint density at radius 1 is 1.13 bits per heavy atom. The van der Waals surface area contributed by atoms with E-state index in [0.29, 0.717) is 24.1 Å². The summed E-state index contributed by atoms with van der Waals surface area (Å²) in [6.07, 6.45) is -1.19. The number of halogens is 3. The van der Waals surface area contributed by atoms with Crippen molar-refractivity contribution in [3.05, 3.63) is 59.7 Å². The average Bonchev–Trinajstić information content (AvgIpc) is 3.36. The summed E-state index contributed by atoms with van der Waals surface area (Å²) < 4.78 is 44.5. The summed E-state index contributed by atoms with van der Waals surface area (Å²) >= 11 is 1.57. The molecule has 2 aliphatic heterocycles. The topological polar surface area (TPSA) is 41.6 Å². The van der Waals surface area contributed by atoms with E-state index in [1.807, 2.05) is 11.0 Å². The van der Waals surface area contributed by atoms with Crippen LogP contribution in [0.15, 0.2) is 48.5 Å². The highest BCUT2D eigenvalue weighted by Gasteiger charge is 2.33. The van der Waals surface area contributed by atoms with Crippen LogP contribution in [0, 0.1) is 0 Å². The van der Waals surface area contributed by atoms with E-state index in [1.165, 1.54) is 18.6 Å². The molecule has 2 saturated heterocycles. The SMILES string of the molecule is O=C1CSC(c2cccc(Oc3cccc(C(F)(F)F)c3)c2)N1CCC1CCCN1. The summed E-state index contributed by atoms with van der Waals surface area (Å²) in [4.78, 5) is 14.3. The van der Waals surface area contributed by atoms with Crippen LogP contribution in [0.3, 0.4) is 0 Å². The van der Waals surface area contributed by atoms with Crippen molar-refractivity contribution >= 4 is 17.7 Å². The van der Waals surface area contributed by atoms with Gasteiger partial charge in [0.25, 0.3) is 0 Å². The normalized spacial score (nSPS) is 22.0. The molecule has 0 aromatic heterocycles. The standard InChI is InChI=1S/C22H23F3N2O2S/c23-22(24,25)16-5-2-8-19(13-16)29-18-7-1-4-15(12-18)21-27(20(28)14-30-21)11-9-17-6-3-10-26-17/h1-2,4-5,7-8,12-13,17,21,26H,3,6,9-11,14H2. The summed E-state index contributed by atoms with van der Waals surface area (Å²) in [5, 5.41) is 3.35. The highest BCUT2D eigenvalue weighted by molar-refractivity contribution is 8.00. The Bertz CT molecular complexity index is 900. The van der Waals surface area contributed by atoms with Gasteiger partial charge >= 0.3 is 6.18 Å². The quantitative estimate of drug-likeness (QED) is 0.675. The van der Waals surface area contributed by atoms with Gasteiger partial charge in [0.1, 0.15) is 16.9 Å². The van der Waals surface area contributed by atoms with E-state index < -0.39 is 11.7 Å². The number of alkyl halides is 3. The molecule has 4 rings (SSSR count). The van der Waals surface area contributed by atoms with Gasteiger partial charge in [0.2, 0.25) is 5.91 Å². The first-order valence-electron chi connectivity index (χ1n) is 10.00. The largest absolute Gasteiger partial charge is 0.457 e. The zero-order valence-corrected chi connectivity index (χ0v) is 17.1. The van der Waals surface area contributed by atoms with Gasteiger partial charge in [-0.3, -0.25) is 4.79 Å². The Balaban J connectivity index is 1.47. The van der Waals surface area contributed by atoms with Crippen LogP contribution in [0.1, 0.15) is 35.8 Å². The number of carbonyl (C=O) groups excluding carboxylic acids is 1. The number of hydrogen-bond donors (Lipinski definition) is 1. The molecule has 2 fully saturated rings. The Morgan fingerprint density at radius 2 is 1.90 bits per heavy atom. The van der Waals surface area contributed by atoms with Crippen molar-refractivity contribution in [1.82, 2.24) is 10.2 Å². The van der Waals surface area contributed by atoms with Crippen molar-refractivity contribution in [2.24, 2.45) is 0 Å². The summed E-state index contributed by atoms with van der Waals surface area (Å²) in [5.41, 5.74) is 0.162. The fraction of sp³-hybridized carbons (Fsp3) is 0.409. The first-order valence-corrected chi connectivity index (χ1v) is 11.0. The van der Waals surface area contributed by atoms with Crippen LogP contribution < -0.4 is 10.1 Å². The second-order valence-electron chi connectivity index (χ2n) is 7.53. The number of benzene rings is 2. The molecule has 0 bridgehead atoms. The van der Waals surface area contributed by atoms with E-state index in [9.17, 15) is 18.0 Å². The summed E-state index contributed by atoms with van der Waals surface area (Å²) in [6, 6.07) is 12.5. The molecule has 0 aliphatic carbocycles. The van der Waals surface area contributed by atoms with Crippen LogP contribution in [0.25, 0.3) is 0 Å². The van der Waals surface area contributed by atoms with Gasteiger partial charge in [-0.2, -0.15) is 13.2 Å². The third-order valence-corrected chi connectivity index (χ3v) is 6.65. The molecule has 2 aliphatic rings. The maximum atomic E-state index is 12.9. The fourth-order valence-electron chi connectivity index (χ4n) is 3.87. The van der Waals surface area contributed by atoms with E-state index >= 15 is 0 Å². The van der Waals surface area contributed by atoms with Gasteiger partial charge in [-0.15, -0.1) is 11.8 Å². The van der Waals surface area contributed by atoms with Gasteiger partial charge in [-0.25, -0.2) is 0 Å². The van der Waals surface area contributed by atoms with Crippen LogP contribution in [-0.2, 0) is 11.0 Å². The maximum absolute atomic E-state index is 12.9. The number of rotatable bonds is 6. The van der Waals surface area contributed by atoms with Gasteiger partial charge in [0.15, 0.2) is 0 Å². The smallest absolute Gasteiger partial charge is 0.416 e. The van der Waals surface area contributed by atoms with Gasteiger partial charge in [0, 0.05) is 12.6 Å². The molecule has 2 heterocycles. The van der Waals surface area contributed by atoms with E-state index in [1.54, 1.807) is 30.0 Å². The molecule has 2 aromatic rings. The zero-order valence-electron chi connectivity index (χ0n) is 16.3. The Morgan fingerprint density at radius 3 is 2.63 bits per heavy atom. The first-order chi connectivity index (χ1) is 14.4. The number of thioether (sulfide) groups is 1. The monoisotopic (exact) mass is 436 g/mol. The van der Waals surface area contributed by atoms with Crippen molar-refractivity contribution in [2.45, 2.75) is 36.9 Å². The minimum Gasteiger partial charge on any atom is -0.457 e. The summed E-state index contributed by atoms with van der Waals surface area (Å²) in [7, 11) is 0. The number of nitrogens with one attached hydrogen (secondary N) is 1. The fourth-order valence-corrected chi connectivity index (χ4v) is 5.08. The summed E-state index contributed by atoms with van der Waals surface area (Å²) in [6.45, 7) is 1.72. The highest BCUT2D eigenvalue weighted by atomic mass is 32.2. The average molecular weight is 436 g/mol. The van der Waals surface area contributed by atoms with Crippen LogP contribution >= 0.6 is 11.8 Å². The van der Waals surface area contributed by atoms with Gasteiger partial charge in [-0.1, -0.05) is 18.2 Å². The minimum absolute atomic E-state index is 0.107. The molecular weight excluding hydrogens is 413 g/mol. The molecule has 0 saturated carbocycles. The molecule has 1 amide bonds. The van der Waals surface area contributed by atoms with Crippen molar-refractivity contribution in [3.63, 3.8) is 0 Å². The van der Waals surface area contributed by atoms with Crippen LogP contribution in [0.2, 0.25) is 0 Å². The second-order valence-corrected chi connectivity index (χ2v) is 8.60. The molecule has 1 N–H and O–H groups in total. The van der Waals surface area contributed by atoms with Crippen LogP contribution in [-0.4, -0.2) is 35.7 Å². The number of hydrogen-bond acceptors (Lipinski definition) is 4. The van der Waals surface area contributed by atoms with E-state index in [-0.39, 0.29) is 17.0 Å². The number of amides is 1. The molecular formula is C22H23F3N2O2S. The lowest BCUT2D eigenvalue weighted by Gasteiger charge is -2.26. The second kappa shape index (κ2) is 8.89. The number of nitrogens with zero attached hydrogens (tertiary/aromatic N) is 1. The highest BCUT2D eigenvalue weighted by Crippen LogP contribution is 2.40. The third-order valence-electron chi connectivity index (χ3n) is 5.39. The number of ether oxygens (including phenoxy) is 1. The molecule has 2 aromatic carbocycles.